The van der Waals surface area contributed by atoms with E-state index in [-0.39, 0.29) is 22.6 Å². The average Bonchev–Trinajstić information content (AvgIpc) is 1.83. The highest BCUT2D eigenvalue weighted by Gasteiger charge is 2.09. The van der Waals surface area contributed by atoms with Gasteiger partial charge in [0, 0.05) is 45.2 Å². The predicted octanol–water partition coefficient (Wildman–Crippen LogP) is 11.3. The van der Waals surface area contributed by atoms with Crippen molar-refractivity contribution in [2.24, 2.45) is 0 Å². The van der Waals surface area contributed by atoms with Gasteiger partial charge in [0.05, 0.1) is 35.8 Å². The Bertz CT molecular complexity index is 2720. The summed E-state index contributed by atoms with van der Waals surface area (Å²) in [7, 11) is -7.37. The van der Waals surface area contributed by atoms with Gasteiger partial charge in [0.1, 0.15) is 11.5 Å². The van der Waals surface area contributed by atoms with Crippen LogP contribution >= 0.6 is 0 Å². The zero-order valence-electron chi connectivity index (χ0n) is 62.1. The number of carbonyl (C=O) groups is 9. The summed E-state index contributed by atoms with van der Waals surface area (Å²) in [4.78, 5) is 90.4. The molecule has 2 amide bonds. The third-order valence-corrected chi connectivity index (χ3v) is 13.3. The Morgan fingerprint density at radius 2 is 0.650 bits per heavy atom. The number of nitrogens with one attached hydrogen (secondary N) is 4. The summed E-state index contributed by atoms with van der Waals surface area (Å²) in [5, 5.41) is 88.8. The van der Waals surface area contributed by atoms with Crippen LogP contribution in [0.25, 0.3) is 0 Å². The Kier molecular flexibility index (Phi) is 80.9. The minimum absolute atomic E-state index is 0.108. The van der Waals surface area contributed by atoms with E-state index >= 15 is 0 Å². The number of tetrazole rings is 2. The average molecular weight is 1510 g/mol. The van der Waals surface area contributed by atoms with Crippen LogP contribution in [0.2, 0.25) is 0 Å². The van der Waals surface area contributed by atoms with Gasteiger partial charge in [-0.3, -0.25) is 33.1 Å². The van der Waals surface area contributed by atoms with E-state index in [1.165, 1.54) is 25.7 Å². The molecule has 0 aliphatic carbocycles. The molecule has 0 radical (unpaired) electrons. The minimum atomic E-state index is -3.69. The van der Waals surface area contributed by atoms with E-state index in [1.807, 2.05) is 48.5 Å². The largest absolute Gasteiger partial charge is 0.494 e. The van der Waals surface area contributed by atoms with Gasteiger partial charge in [-0.2, -0.15) is 27.3 Å². The second-order valence-corrected chi connectivity index (χ2v) is 24.7. The number of H-pyrrole nitrogens is 2. The molecular weight excluding hydrogens is 1390 g/mol. The molecule has 2 aromatic carbocycles. The fraction of sp³-hybridized carbons (Fsp3) is 0.657. The van der Waals surface area contributed by atoms with E-state index in [1.54, 1.807) is 48.5 Å². The number of carboxylic acid groups (broad SMARTS) is 7. The number of amides is 2. The Labute approximate surface area is 607 Å². The van der Waals surface area contributed by atoms with Crippen molar-refractivity contribution >= 4 is 73.8 Å². The fourth-order valence-corrected chi connectivity index (χ4v) is 7.29. The summed E-state index contributed by atoms with van der Waals surface area (Å²) in [6.45, 7) is 24.1. The van der Waals surface area contributed by atoms with Crippen LogP contribution in [0.1, 0.15) is 269 Å². The molecule has 2 aromatic heterocycles. The number of carboxylic acids is 7. The third kappa shape index (κ3) is 93.2. The number of hydrogen-bond acceptors (Lipinski definition) is 21. The first-order chi connectivity index (χ1) is 48.6. The lowest BCUT2D eigenvalue weighted by Crippen LogP contribution is -2.30. The van der Waals surface area contributed by atoms with Crippen molar-refractivity contribution < 1.29 is 114 Å². The third-order valence-electron chi connectivity index (χ3n) is 11.7. The number of aromatic carboxylic acids is 2. The highest BCUT2D eigenvalue weighted by molar-refractivity contribution is 7.86. The van der Waals surface area contributed by atoms with Gasteiger partial charge in [-0.05, 0) is 119 Å². The highest BCUT2D eigenvalue weighted by atomic mass is 32.2. The maximum absolute atomic E-state index is 10.6. The first-order valence-corrected chi connectivity index (χ1v) is 37.8. The van der Waals surface area contributed by atoms with E-state index < -0.39 is 73.8 Å². The van der Waals surface area contributed by atoms with Crippen molar-refractivity contribution in [2.45, 2.75) is 250 Å². The molecule has 34 nitrogen and oxygen atoms in total. The van der Waals surface area contributed by atoms with E-state index in [0.717, 1.165) is 139 Å². The number of aryl methyl sites for hydroxylation is 2. The molecule has 4 rings (SSSR count). The van der Waals surface area contributed by atoms with Gasteiger partial charge in [-0.1, -0.05) is 157 Å². The van der Waals surface area contributed by atoms with Crippen LogP contribution in [0.3, 0.4) is 0 Å². The quantitative estimate of drug-likeness (QED) is 0.0113. The molecule has 103 heavy (non-hydrogen) atoms. The van der Waals surface area contributed by atoms with Crippen molar-refractivity contribution in [1.29, 1.82) is 0 Å². The first-order valence-electron chi connectivity index (χ1n) is 34.6. The number of rotatable bonds is 37. The van der Waals surface area contributed by atoms with Crippen LogP contribution in [0.5, 0.6) is 11.5 Å². The summed E-state index contributed by atoms with van der Waals surface area (Å²) in [6.07, 6.45) is 23.6. The topological polar surface area (TPSA) is 555 Å². The molecule has 594 valence electrons. The zero-order valence-corrected chi connectivity index (χ0v) is 63.7. The van der Waals surface area contributed by atoms with Gasteiger partial charge < -0.3 is 55.9 Å². The molecule has 0 unspecified atom stereocenters. The van der Waals surface area contributed by atoms with Gasteiger partial charge in [0.25, 0.3) is 20.2 Å². The molecule has 0 spiro atoms. The SMILES string of the molecule is CCCCC(=O)O.CCCCC(=O)O.CCCCC(=O)O.CCCCCOc1ccc(C(=O)O)cc1.CCCCCOc1ccc(C(=O)O)cc1.CCCCS(=O)(=O)O.CCCCS(=O)(=O)O.CCCCc1nn[nH]n1.CCCCc1nn[nH]n1.CCCNC(=O)C(=O)O.CCCNC(=O)C(=O)O. The highest BCUT2D eigenvalue weighted by Crippen LogP contribution is 2.14. The molecule has 0 atom stereocenters. The lowest BCUT2D eigenvalue weighted by Gasteiger charge is -2.05. The standard InChI is InChI=1S/2C12H16O3.2C5H10N4.2C5H9NO3.3C5H10O2.2C4H10O3S/c2*1-2-3-4-9-15-11-7-5-10(6-8-11)12(13)14;2*1-2-3-4-5-6-8-9-7-5;2*1-2-3-6-4(7)5(8)9;3*1-2-3-4-5(6)7;2*1-2-3-4-8(5,6)7/h2*5-8H,2-4,9H2,1H3,(H,13,14);2*2-4H2,1H3,(H,6,7,8,9);2*2-3H2,1H3,(H,6,7)(H,8,9);3*2-4H2,1H3,(H,6,7);2*2-4H2,1H3,(H,5,6,7). The van der Waals surface area contributed by atoms with Crippen molar-refractivity contribution in [3.63, 3.8) is 0 Å². The molecule has 0 aliphatic rings. The maximum atomic E-state index is 10.6. The summed E-state index contributed by atoms with van der Waals surface area (Å²) >= 11 is 0. The summed E-state index contributed by atoms with van der Waals surface area (Å²) in [5.74, 6) is -5.74. The Morgan fingerprint density at radius 1 is 0.379 bits per heavy atom. The van der Waals surface area contributed by atoms with Gasteiger partial charge >= 0.3 is 53.6 Å². The van der Waals surface area contributed by atoms with Crippen LogP contribution in [0.15, 0.2) is 48.5 Å². The number of aliphatic carboxylic acids is 5. The van der Waals surface area contributed by atoms with Gasteiger partial charge in [-0.15, -0.1) is 20.4 Å². The normalized spacial score (nSPS) is 9.72. The number of aromatic amines is 2. The van der Waals surface area contributed by atoms with Crippen LogP contribution in [-0.2, 0) is 66.6 Å². The number of unbranched alkanes of at least 4 members (excludes halogenated alkanes) is 11. The van der Waals surface area contributed by atoms with E-state index in [0.29, 0.717) is 58.4 Å². The molecule has 0 aliphatic heterocycles. The summed E-state index contributed by atoms with van der Waals surface area (Å²) in [6, 6.07) is 13.0. The van der Waals surface area contributed by atoms with Crippen LogP contribution in [0.4, 0.5) is 0 Å². The smallest absolute Gasteiger partial charge is 0.394 e. The Morgan fingerprint density at radius 3 is 0.825 bits per heavy atom. The second-order valence-electron chi connectivity index (χ2n) is 21.5. The van der Waals surface area contributed by atoms with Crippen LogP contribution < -0.4 is 20.1 Å². The molecule has 2 heterocycles. The number of nitrogens with zero attached hydrogens (tertiary/aromatic N) is 6. The second kappa shape index (κ2) is 77.4. The molecular formula is C67H120N10O24S2. The molecule has 0 saturated heterocycles. The fourth-order valence-electron chi connectivity index (χ4n) is 5.98. The molecule has 36 heteroatoms. The molecule has 0 bridgehead atoms. The Balaban J connectivity index is -0.000000199. The first kappa shape index (κ1) is 108. The lowest BCUT2D eigenvalue weighted by molar-refractivity contribution is -0.150. The molecule has 0 fully saturated rings. The van der Waals surface area contributed by atoms with Gasteiger partial charge in [0.15, 0.2) is 11.6 Å². The lowest BCUT2D eigenvalue weighted by atomic mass is 10.2. The summed E-state index contributed by atoms with van der Waals surface area (Å²) in [5.41, 5.74) is 0.576. The van der Waals surface area contributed by atoms with Gasteiger partial charge in [0.2, 0.25) is 0 Å². The van der Waals surface area contributed by atoms with Crippen molar-refractivity contribution in [3.05, 3.63) is 71.3 Å². The number of ether oxygens (including phenoxy) is 2. The van der Waals surface area contributed by atoms with Crippen LogP contribution in [0, 0.1) is 0 Å². The van der Waals surface area contributed by atoms with Crippen molar-refractivity contribution in [3.8, 4) is 11.5 Å². The zero-order chi connectivity index (χ0) is 80.1. The summed E-state index contributed by atoms with van der Waals surface area (Å²) < 4.78 is 66.9. The Hall–Kier alpha value is -8.77. The minimum Gasteiger partial charge on any atom is -0.494 e. The van der Waals surface area contributed by atoms with E-state index in [9.17, 15) is 60.0 Å². The van der Waals surface area contributed by atoms with Crippen LogP contribution in [-0.4, -0.2) is 194 Å². The monoisotopic (exact) mass is 1510 g/mol. The van der Waals surface area contributed by atoms with E-state index in [4.69, 9.17) is 54.3 Å². The van der Waals surface area contributed by atoms with Gasteiger partial charge in [-0.25, -0.2) is 19.2 Å². The molecule has 13 N–H and O–H groups in total. The number of hydrogen-bond donors (Lipinski definition) is 13. The number of aromatic nitrogens is 8. The number of carbonyl (C=O) groups excluding carboxylic acids is 2. The van der Waals surface area contributed by atoms with E-state index in [2.05, 4.69) is 79.6 Å². The van der Waals surface area contributed by atoms with Crippen molar-refractivity contribution in [2.75, 3.05) is 37.8 Å². The number of benzene rings is 2. The van der Waals surface area contributed by atoms with Crippen molar-refractivity contribution in [1.82, 2.24) is 51.9 Å². The molecule has 0 saturated carbocycles. The predicted molar refractivity (Wildman–Crippen MR) is 388 cm³/mol. The molecule has 4 aromatic rings. The maximum Gasteiger partial charge on any atom is 0.394 e.